The molecule has 0 radical (unpaired) electrons. The molecule has 2 N–H and O–H groups in total. The molecule has 3 aromatic rings. The lowest BCUT2D eigenvalue weighted by atomic mass is 9.99. The molecule has 0 aliphatic heterocycles. The summed E-state index contributed by atoms with van der Waals surface area (Å²) < 4.78 is 0. The molecule has 0 bridgehead atoms. The van der Waals surface area contributed by atoms with Crippen LogP contribution >= 0.6 is 11.3 Å². The van der Waals surface area contributed by atoms with Crippen molar-refractivity contribution >= 4 is 29.2 Å². The van der Waals surface area contributed by atoms with E-state index in [2.05, 4.69) is 10.6 Å². The van der Waals surface area contributed by atoms with Gasteiger partial charge in [0.1, 0.15) is 5.70 Å². The van der Waals surface area contributed by atoms with Gasteiger partial charge in [0, 0.05) is 10.4 Å². The molecule has 29 heavy (non-hydrogen) atoms. The van der Waals surface area contributed by atoms with Crippen molar-refractivity contribution in [3.63, 3.8) is 0 Å². The molecule has 1 atom stereocenters. The molecule has 0 saturated heterocycles. The normalized spacial score (nSPS) is 12.3. The van der Waals surface area contributed by atoms with Crippen molar-refractivity contribution in [2.24, 2.45) is 0 Å². The van der Waals surface area contributed by atoms with E-state index in [1.165, 1.54) is 11.3 Å². The van der Waals surface area contributed by atoms with Crippen molar-refractivity contribution in [3.8, 4) is 0 Å². The second kappa shape index (κ2) is 9.85. The van der Waals surface area contributed by atoms with Crippen LogP contribution in [0.25, 0.3) is 6.08 Å². The Balaban J connectivity index is 1.84. The monoisotopic (exact) mass is 404 g/mol. The zero-order valence-corrected chi connectivity index (χ0v) is 17.3. The first kappa shape index (κ1) is 20.6. The van der Waals surface area contributed by atoms with Crippen molar-refractivity contribution in [1.82, 2.24) is 10.6 Å². The molecule has 0 aliphatic rings. The summed E-state index contributed by atoms with van der Waals surface area (Å²) in [6.45, 7) is 4.06. The average Bonchev–Trinajstić information content (AvgIpc) is 3.25. The molecule has 1 heterocycles. The molecule has 0 spiro atoms. The van der Waals surface area contributed by atoms with Crippen LogP contribution in [-0.4, -0.2) is 11.8 Å². The minimum atomic E-state index is -0.313. The van der Waals surface area contributed by atoms with Gasteiger partial charge in [0.25, 0.3) is 11.8 Å². The maximum absolute atomic E-state index is 13.1. The largest absolute Gasteiger partial charge is 0.344 e. The molecule has 5 heteroatoms. The number of nitrogens with one attached hydrogen (secondary N) is 2. The lowest BCUT2D eigenvalue weighted by Crippen LogP contribution is -2.36. The third-order valence-corrected chi connectivity index (χ3v) is 5.46. The highest BCUT2D eigenvalue weighted by Gasteiger charge is 2.19. The van der Waals surface area contributed by atoms with E-state index < -0.39 is 0 Å². The van der Waals surface area contributed by atoms with Gasteiger partial charge in [-0.2, -0.15) is 0 Å². The Morgan fingerprint density at radius 2 is 1.72 bits per heavy atom. The first-order chi connectivity index (χ1) is 14.1. The van der Waals surface area contributed by atoms with Gasteiger partial charge in [0.15, 0.2) is 0 Å². The van der Waals surface area contributed by atoms with Crippen LogP contribution in [0.5, 0.6) is 0 Å². The molecule has 0 saturated carbocycles. The van der Waals surface area contributed by atoms with Gasteiger partial charge in [0.2, 0.25) is 0 Å². The highest BCUT2D eigenvalue weighted by Crippen LogP contribution is 2.21. The van der Waals surface area contributed by atoms with Gasteiger partial charge < -0.3 is 10.6 Å². The average molecular weight is 405 g/mol. The fourth-order valence-corrected chi connectivity index (χ4v) is 3.73. The lowest BCUT2D eigenvalue weighted by Gasteiger charge is -2.20. The lowest BCUT2D eigenvalue weighted by molar-refractivity contribution is -0.118. The number of amides is 2. The predicted octanol–water partition coefficient (Wildman–Crippen LogP) is 5.09. The van der Waals surface area contributed by atoms with Gasteiger partial charge in [0.05, 0.1) is 6.04 Å². The van der Waals surface area contributed by atoms with E-state index in [1.807, 2.05) is 61.7 Å². The Hall–Kier alpha value is -3.18. The summed E-state index contributed by atoms with van der Waals surface area (Å²) in [6, 6.07) is 20.6. The number of thiophene rings is 1. The molecule has 4 nitrogen and oxygen atoms in total. The van der Waals surface area contributed by atoms with Crippen LogP contribution in [0.2, 0.25) is 0 Å². The van der Waals surface area contributed by atoms with E-state index in [9.17, 15) is 9.59 Å². The fraction of sp³-hybridized carbons (Fsp3) is 0.167. The van der Waals surface area contributed by atoms with Crippen LogP contribution in [0.4, 0.5) is 0 Å². The quantitative estimate of drug-likeness (QED) is 0.539. The highest BCUT2D eigenvalue weighted by atomic mass is 32.1. The molecule has 0 aliphatic carbocycles. The van der Waals surface area contributed by atoms with Crippen LogP contribution in [-0.2, 0) is 4.79 Å². The predicted molar refractivity (Wildman–Crippen MR) is 119 cm³/mol. The third kappa shape index (κ3) is 5.42. The molecular formula is C24H24N2O2S. The van der Waals surface area contributed by atoms with Crippen LogP contribution in [0.15, 0.2) is 77.8 Å². The van der Waals surface area contributed by atoms with Gasteiger partial charge in [-0.1, -0.05) is 55.5 Å². The highest BCUT2D eigenvalue weighted by molar-refractivity contribution is 7.10. The molecule has 0 fully saturated rings. The van der Waals surface area contributed by atoms with Crippen molar-refractivity contribution in [2.45, 2.75) is 26.3 Å². The minimum Gasteiger partial charge on any atom is -0.344 e. The van der Waals surface area contributed by atoms with Crippen molar-refractivity contribution in [1.29, 1.82) is 0 Å². The van der Waals surface area contributed by atoms with E-state index in [0.29, 0.717) is 5.56 Å². The van der Waals surface area contributed by atoms with E-state index in [0.717, 1.165) is 22.4 Å². The molecule has 3 rings (SSSR count). The number of benzene rings is 2. The zero-order valence-electron chi connectivity index (χ0n) is 16.5. The Bertz CT molecular complexity index is 995. The first-order valence-corrected chi connectivity index (χ1v) is 10.4. The molecule has 1 aromatic heterocycles. The Kier molecular flexibility index (Phi) is 6.98. The summed E-state index contributed by atoms with van der Waals surface area (Å²) >= 11 is 1.51. The number of hydrogen-bond donors (Lipinski definition) is 2. The molecule has 1 unspecified atom stereocenters. The third-order valence-electron chi connectivity index (χ3n) is 4.64. The number of carbonyl (C=O) groups excluding carboxylic acids is 2. The number of carbonyl (C=O) groups is 2. The van der Waals surface area contributed by atoms with Crippen molar-refractivity contribution in [3.05, 3.63) is 99.4 Å². The first-order valence-electron chi connectivity index (χ1n) is 9.56. The summed E-state index contributed by atoms with van der Waals surface area (Å²) in [7, 11) is 0. The zero-order chi connectivity index (χ0) is 20.6. The maximum atomic E-state index is 13.1. The van der Waals surface area contributed by atoms with Crippen LogP contribution in [0, 0.1) is 6.92 Å². The van der Waals surface area contributed by atoms with Gasteiger partial charge in [-0.15, -0.1) is 11.3 Å². The second-order valence-electron chi connectivity index (χ2n) is 6.68. The summed E-state index contributed by atoms with van der Waals surface area (Å²) in [5.74, 6) is -0.620. The fourth-order valence-electron chi connectivity index (χ4n) is 3.07. The Labute approximate surface area is 175 Å². The summed E-state index contributed by atoms with van der Waals surface area (Å²) in [4.78, 5) is 26.6. The standard InChI is InChI=1S/C24H24N2O2S/c1-3-21(20-14-8-7-10-17(20)2)25-24(28)22(16-19-13-9-15-29-19)26-23(27)18-11-5-4-6-12-18/h4-16,21H,3H2,1-2H3,(H,25,28)(H,26,27)/b22-16-. The molecule has 2 aromatic carbocycles. The minimum absolute atomic E-state index is 0.135. The summed E-state index contributed by atoms with van der Waals surface area (Å²) in [6.07, 6.45) is 2.46. The summed E-state index contributed by atoms with van der Waals surface area (Å²) in [5, 5.41) is 7.79. The van der Waals surface area contributed by atoms with Gasteiger partial charge in [-0.05, 0) is 54.1 Å². The molecule has 2 amide bonds. The molecular weight excluding hydrogens is 380 g/mol. The maximum Gasteiger partial charge on any atom is 0.268 e. The summed E-state index contributed by atoms with van der Waals surface area (Å²) in [5.41, 5.74) is 2.93. The number of hydrogen-bond acceptors (Lipinski definition) is 3. The second-order valence-corrected chi connectivity index (χ2v) is 7.66. The topological polar surface area (TPSA) is 58.2 Å². The molecule has 148 valence electrons. The van der Waals surface area contributed by atoms with E-state index in [-0.39, 0.29) is 23.6 Å². The van der Waals surface area contributed by atoms with Gasteiger partial charge in [-0.3, -0.25) is 9.59 Å². The SMILES string of the molecule is CCC(NC(=O)/C(=C/c1cccs1)NC(=O)c1ccccc1)c1ccccc1C. The van der Waals surface area contributed by atoms with Crippen molar-refractivity contribution < 1.29 is 9.59 Å². The van der Waals surface area contributed by atoms with Gasteiger partial charge >= 0.3 is 0 Å². The van der Waals surface area contributed by atoms with Gasteiger partial charge in [-0.25, -0.2) is 0 Å². The van der Waals surface area contributed by atoms with E-state index in [4.69, 9.17) is 0 Å². The Morgan fingerprint density at radius 3 is 2.38 bits per heavy atom. The number of aryl methyl sites for hydroxylation is 1. The smallest absolute Gasteiger partial charge is 0.268 e. The van der Waals surface area contributed by atoms with Crippen LogP contribution in [0.1, 0.15) is 45.7 Å². The van der Waals surface area contributed by atoms with E-state index >= 15 is 0 Å². The Morgan fingerprint density at radius 1 is 1.00 bits per heavy atom. The van der Waals surface area contributed by atoms with E-state index in [1.54, 1.807) is 30.3 Å². The number of rotatable bonds is 7. The van der Waals surface area contributed by atoms with Crippen LogP contribution in [0.3, 0.4) is 0 Å². The van der Waals surface area contributed by atoms with Crippen molar-refractivity contribution in [2.75, 3.05) is 0 Å². The van der Waals surface area contributed by atoms with Crippen LogP contribution < -0.4 is 10.6 Å².